The van der Waals surface area contributed by atoms with Crippen molar-refractivity contribution in [2.75, 3.05) is 26.2 Å². The van der Waals surface area contributed by atoms with E-state index in [1.807, 2.05) is 18.2 Å². The van der Waals surface area contributed by atoms with E-state index in [9.17, 15) is 14.4 Å². The van der Waals surface area contributed by atoms with E-state index in [1.165, 1.54) is 4.90 Å². The third kappa shape index (κ3) is 3.46. The first kappa shape index (κ1) is 17.8. The molecule has 0 aliphatic carbocycles. The maximum Gasteiger partial charge on any atom is 0.295 e. The lowest BCUT2D eigenvalue weighted by molar-refractivity contribution is -0.127. The summed E-state index contributed by atoms with van der Waals surface area (Å²) in [7, 11) is 0. The van der Waals surface area contributed by atoms with Gasteiger partial charge in [-0.3, -0.25) is 24.4 Å². The van der Waals surface area contributed by atoms with Crippen molar-refractivity contribution in [3.8, 4) is 0 Å². The van der Waals surface area contributed by atoms with Crippen molar-refractivity contribution in [2.24, 2.45) is 0 Å². The Labute approximate surface area is 161 Å². The van der Waals surface area contributed by atoms with E-state index in [-0.39, 0.29) is 5.91 Å². The fraction of sp³-hybridized carbons (Fsp3) is 0.190. The Bertz CT molecular complexity index is 1040. The number of piperazine rings is 1. The number of carbonyl (C=O) groups is 3. The summed E-state index contributed by atoms with van der Waals surface area (Å²) in [6, 6.07) is 13.9. The van der Waals surface area contributed by atoms with Crippen molar-refractivity contribution in [1.29, 1.82) is 0 Å². The second-order valence-corrected chi connectivity index (χ2v) is 6.54. The normalized spacial score (nSPS) is 14.1. The van der Waals surface area contributed by atoms with Gasteiger partial charge in [0.25, 0.3) is 11.8 Å². The zero-order valence-electron chi connectivity index (χ0n) is 15.1. The number of rotatable bonds is 3. The summed E-state index contributed by atoms with van der Waals surface area (Å²) in [5.41, 5.74) is 2.15. The lowest BCUT2D eigenvalue weighted by atomic mass is 10.1. The summed E-state index contributed by atoms with van der Waals surface area (Å²) < 4.78 is 0. The maximum atomic E-state index is 12.6. The van der Waals surface area contributed by atoms with Gasteiger partial charge in [0.2, 0.25) is 5.78 Å². The van der Waals surface area contributed by atoms with Gasteiger partial charge in [0.1, 0.15) is 0 Å². The number of fused-ring (bicyclic) bond motifs is 1. The molecule has 1 aromatic heterocycles. The molecule has 7 heteroatoms. The van der Waals surface area contributed by atoms with Crippen LogP contribution in [0.15, 0.2) is 60.9 Å². The maximum absolute atomic E-state index is 12.6. The molecule has 0 unspecified atom stereocenters. The van der Waals surface area contributed by atoms with Crippen molar-refractivity contribution >= 4 is 28.6 Å². The molecule has 140 valence electrons. The van der Waals surface area contributed by atoms with Gasteiger partial charge in [-0.05, 0) is 30.3 Å². The minimum atomic E-state index is -0.574. The fourth-order valence-electron chi connectivity index (χ4n) is 3.25. The van der Waals surface area contributed by atoms with Gasteiger partial charge < -0.3 is 9.80 Å². The molecule has 1 aliphatic heterocycles. The van der Waals surface area contributed by atoms with Crippen LogP contribution in [-0.4, -0.2) is 63.5 Å². The third-order valence-electron chi connectivity index (χ3n) is 4.80. The highest BCUT2D eigenvalue weighted by atomic mass is 16.2. The highest BCUT2D eigenvalue weighted by Gasteiger charge is 2.29. The Hall–Kier alpha value is -3.61. The van der Waals surface area contributed by atoms with Gasteiger partial charge in [0.05, 0.1) is 11.0 Å². The number of amides is 2. The molecule has 1 fully saturated rings. The summed E-state index contributed by atoms with van der Waals surface area (Å²) in [6.45, 7) is 1.46. The van der Waals surface area contributed by atoms with Crippen molar-refractivity contribution < 1.29 is 14.4 Å². The zero-order chi connectivity index (χ0) is 19.5. The quantitative estimate of drug-likeness (QED) is 0.516. The summed E-state index contributed by atoms with van der Waals surface area (Å²) in [5, 5.41) is 0. The minimum Gasteiger partial charge on any atom is -0.335 e. The molecule has 4 rings (SSSR count). The molecule has 2 amide bonds. The molecule has 0 radical (unpaired) electrons. The van der Waals surface area contributed by atoms with Gasteiger partial charge in [-0.1, -0.05) is 18.2 Å². The number of aromatic nitrogens is 2. The molecule has 0 atom stereocenters. The van der Waals surface area contributed by atoms with E-state index in [1.54, 1.807) is 47.6 Å². The molecule has 1 aliphatic rings. The molecule has 1 saturated heterocycles. The molecule has 0 spiro atoms. The lowest BCUT2D eigenvalue weighted by Gasteiger charge is -2.34. The van der Waals surface area contributed by atoms with Crippen molar-refractivity contribution in [1.82, 2.24) is 19.8 Å². The molecule has 28 heavy (non-hydrogen) atoms. The van der Waals surface area contributed by atoms with Crippen LogP contribution in [0.25, 0.3) is 11.0 Å². The van der Waals surface area contributed by atoms with Gasteiger partial charge in [0, 0.05) is 49.7 Å². The fourth-order valence-corrected chi connectivity index (χ4v) is 3.25. The van der Waals surface area contributed by atoms with Gasteiger partial charge in [-0.2, -0.15) is 0 Å². The predicted molar refractivity (Wildman–Crippen MR) is 103 cm³/mol. The second kappa shape index (κ2) is 7.56. The van der Waals surface area contributed by atoms with Crippen molar-refractivity contribution in [2.45, 2.75) is 0 Å². The second-order valence-electron chi connectivity index (χ2n) is 6.54. The summed E-state index contributed by atoms with van der Waals surface area (Å²) in [4.78, 5) is 49.3. The smallest absolute Gasteiger partial charge is 0.295 e. The van der Waals surface area contributed by atoms with E-state index >= 15 is 0 Å². The van der Waals surface area contributed by atoms with Crippen LogP contribution >= 0.6 is 0 Å². The van der Waals surface area contributed by atoms with E-state index in [0.717, 1.165) is 0 Å². The predicted octanol–water partition coefficient (Wildman–Crippen LogP) is 1.80. The van der Waals surface area contributed by atoms with Crippen LogP contribution in [0.1, 0.15) is 20.7 Å². The monoisotopic (exact) mass is 374 g/mol. The molecular formula is C21H18N4O3. The van der Waals surface area contributed by atoms with Crippen LogP contribution in [0.5, 0.6) is 0 Å². The molecule has 0 bridgehead atoms. The standard InChI is InChI=1S/C21H18N4O3/c26-19(16-6-7-17-18(14-16)23-9-8-22-17)21(28)25-12-10-24(11-13-25)20(27)15-4-2-1-3-5-15/h1-9,14H,10-13H2. The summed E-state index contributed by atoms with van der Waals surface area (Å²) in [6.07, 6.45) is 3.12. The van der Waals surface area contributed by atoms with Crippen molar-refractivity contribution in [3.63, 3.8) is 0 Å². The first-order chi connectivity index (χ1) is 13.6. The number of benzene rings is 2. The Morgan fingerprint density at radius 3 is 2.07 bits per heavy atom. The topological polar surface area (TPSA) is 83.5 Å². The average molecular weight is 374 g/mol. The molecule has 0 saturated carbocycles. The largest absolute Gasteiger partial charge is 0.335 e. The lowest BCUT2D eigenvalue weighted by Crippen LogP contribution is -2.52. The number of Topliss-reactive ketones (excluding diaryl/α,β-unsaturated/α-hetero) is 1. The van der Waals surface area contributed by atoms with Crippen LogP contribution in [0.2, 0.25) is 0 Å². The summed E-state index contributed by atoms with van der Waals surface area (Å²) >= 11 is 0. The van der Waals surface area contributed by atoms with Gasteiger partial charge in [-0.25, -0.2) is 0 Å². The number of hydrogen-bond acceptors (Lipinski definition) is 5. The Balaban J connectivity index is 1.41. The number of carbonyl (C=O) groups excluding carboxylic acids is 3. The van der Waals surface area contributed by atoms with Gasteiger partial charge >= 0.3 is 0 Å². The van der Waals surface area contributed by atoms with Crippen LogP contribution < -0.4 is 0 Å². The summed E-state index contributed by atoms with van der Waals surface area (Å²) in [5.74, 6) is -1.20. The van der Waals surface area contributed by atoms with Crippen LogP contribution in [-0.2, 0) is 4.79 Å². The Kier molecular flexibility index (Phi) is 4.80. The Morgan fingerprint density at radius 2 is 1.36 bits per heavy atom. The number of nitrogens with zero attached hydrogens (tertiary/aromatic N) is 4. The SMILES string of the molecule is O=C(C(=O)N1CCN(C(=O)c2ccccc2)CC1)c1ccc2nccnc2c1. The first-order valence-electron chi connectivity index (χ1n) is 9.02. The molecular weight excluding hydrogens is 356 g/mol. The van der Waals surface area contributed by atoms with Gasteiger partial charge in [0.15, 0.2) is 0 Å². The number of ketones is 1. The molecule has 2 heterocycles. The van der Waals surface area contributed by atoms with E-state index in [4.69, 9.17) is 0 Å². The van der Waals surface area contributed by atoms with E-state index < -0.39 is 11.7 Å². The highest BCUT2D eigenvalue weighted by molar-refractivity contribution is 6.43. The average Bonchev–Trinajstić information content (AvgIpc) is 2.78. The third-order valence-corrected chi connectivity index (χ3v) is 4.80. The molecule has 2 aromatic carbocycles. The van der Waals surface area contributed by atoms with Crippen molar-refractivity contribution in [3.05, 3.63) is 72.1 Å². The minimum absolute atomic E-state index is 0.0628. The molecule has 7 nitrogen and oxygen atoms in total. The van der Waals surface area contributed by atoms with Gasteiger partial charge in [-0.15, -0.1) is 0 Å². The van der Waals surface area contributed by atoms with E-state index in [0.29, 0.717) is 48.3 Å². The first-order valence-corrected chi connectivity index (χ1v) is 9.02. The molecule has 3 aromatic rings. The van der Waals surface area contributed by atoms with E-state index in [2.05, 4.69) is 9.97 Å². The highest BCUT2D eigenvalue weighted by Crippen LogP contribution is 2.14. The molecule has 0 N–H and O–H groups in total. The number of hydrogen-bond donors (Lipinski definition) is 0. The van der Waals surface area contributed by atoms with Crippen LogP contribution in [0.3, 0.4) is 0 Å². The van der Waals surface area contributed by atoms with Crippen LogP contribution in [0, 0.1) is 0 Å². The zero-order valence-corrected chi connectivity index (χ0v) is 15.1. The Morgan fingerprint density at radius 1 is 0.714 bits per heavy atom. The van der Waals surface area contributed by atoms with Crippen LogP contribution in [0.4, 0.5) is 0 Å².